The van der Waals surface area contributed by atoms with E-state index in [1.807, 2.05) is 6.07 Å². The largest absolute Gasteiger partial charge is 0.493 e. The van der Waals surface area contributed by atoms with E-state index in [1.165, 1.54) is 7.11 Å². The van der Waals surface area contributed by atoms with E-state index in [0.717, 1.165) is 5.56 Å². The molecule has 1 aromatic carbocycles. The molecule has 5 heteroatoms. The highest BCUT2D eigenvalue weighted by Gasteiger charge is 2.12. The first-order chi connectivity index (χ1) is 9.19. The summed E-state index contributed by atoms with van der Waals surface area (Å²) in [6.07, 6.45) is 2.84. The molecule has 1 aromatic rings. The summed E-state index contributed by atoms with van der Waals surface area (Å²) >= 11 is 0. The Balaban J connectivity index is 3.13. The molecule has 0 amide bonds. The second-order valence-corrected chi connectivity index (χ2v) is 3.60. The van der Waals surface area contributed by atoms with Gasteiger partial charge in [-0.1, -0.05) is 6.08 Å². The van der Waals surface area contributed by atoms with Gasteiger partial charge in [0.05, 0.1) is 27.4 Å². The number of ether oxygens (including phenoxy) is 4. The van der Waals surface area contributed by atoms with Crippen molar-refractivity contribution in [3.8, 4) is 23.3 Å². The van der Waals surface area contributed by atoms with Gasteiger partial charge in [0.1, 0.15) is 0 Å². The molecule has 0 N–H and O–H groups in total. The van der Waals surface area contributed by atoms with Gasteiger partial charge in [-0.15, -0.1) is 0 Å². The van der Waals surface area contributed by atoms with Crippen LogP contribution < -0.4 is 14.2 Å². The molecule has 0 bridgehead atoms. The molecule has 0 aromatic heterocycles. The van der Waals surface area contributed by atoms with Gasteiger partial charge in [0.15, 0.2) is 17.6 Å². The van der Waals surface area contributed by atoms with Crippen LogP contribution in [0.15, 0.2) is 18.2 Å². The molecule has 0 aliphatic heterocycles. The lowest BCUT2D eigenvalue weighted by molar-refractivity contribution is 0.183. The van der Waals surface area contributed by atoms with Crippen LogP contribution in [0.2, 0.25) is 0 Å². The number of hydrogen-bond donors (Lipinski definition) is 0. The Labute approximate surface area is 113 Å². The fraction of sp³-hybridized carbons (Fsp3) is 0.357. The van der Waals surface area contributed by atoms with Gasteiger partial charge in [0.2, 0.25) is 5.75 Å². The molecule has 1 atom stereocenters. The van der Waals surface area contributed by atoms with E-state index < -0.39 is 6.10 Å². The van der Waals surface area contributed by atoms with Crippen LogP contribution in [0.4, 0.5) is 0 Å². The highest BCUT2D eigenvalue weighted by molar-refractivity contribution is 5.62. The Hall–Kier alpha value is -2.19. The van der Waals surface area contributed by atoms with Gasteiger partial charge in [-0.3, -0.25) is 0 Å². The SMILES string of the molecule is COc1cc(C=CC(C#N)OC)cc(OC)c1OC. The van der Waals surface area contributed by atoms with Crippen molar-refractivity contribution in [2.45, 2.75) is 6.10 Å². The summed E-state index contributed by atoms with van der Waals surface area (Å²) in [5.41, 5.74) is 0.826. The summed E-state index contributed by atoms with van der Waals surface area (Å²) in [6.45, 7) is 0. The predicted molar refractivity (Wildman–Crippen MR) is 71.5 cm³/mol. The van der Waals surface area contributed by atoms with Gasteiger partial charge >= 0.3 is 0 Å². The fourth-order valence-corrected chi connectivity index (χ4v) is 1.57. The van der Waals surface area contributed by atoms with Crippen LogP contribution in [0.25, 0.3) is 6.08 Å². The lowest BCUT2D eigenvalue weighted by atomic mass is 10.1. The summed E-state index contributed by atoms with van der Waals surface area (Å²) in [5, 5.41) is 8.79. The van der Waals surface area contributed by atoms with Crippen LogP contribution in [0.1, 0.15) is 5.56 Å². The smallest absolute Gasteiger partial charge is 0.203 e. The van der Waals surface area contributed by atoms with Crippen molar-refractivity contribution in [2.75, 3.05) is 28.4 Å². The molecule has 0 spiro atoms. The minimum Gasteiger partial charge on any atom is -0.493 e. The van der Waals surface area contributed by atoms with E-state index >= 15 is 0 Å². The van der Waals surface area contributed by atoms with Gasteiger partial charge < -0.3 is 18.9 Å². The zero-order valence-corrected chi connectivity index (χ0v) is 11.5. The van der Waals surface area contributed by atoms with Crippen LogP contribution >= 0.6 is 0 Å². The Kier molecular flexibility index (Phi) is 5.71. The van der Waals surface area contributed by atoms with Crippen molar-refractivity contribution in [2.24, 2.45) is 0 Å². The Morgan fingerprint density at radius 1 is 1.05 bits per heavy atom. The van der Waals surface area contributed by atoms with E-state index in [2.05, 4.69) is 0 Å². The lowest BCUT2D eigenvalue weighted by Crippen LogP contribution is -2.01. The monoisotopic (exact) mass is 263 g/mol. The molecule has 0 saturated heterocycles. The number of nitriles is 1. The molecule has 0 aliphatic carbocycles. The van der Waals surface area contributed by atoms with Crippen LogP contribution in [0, 0.1) is 11.3 Å². The molecule has 0 saturated carbocycles. The first kappa shape index (κ1) is 14.9. The van der Waals surface area contributed by atoms with Crippen molar-refractivity contribution in [3.63, 3.8) is 0 Å². The van der Waals surface area contributed by atoms with Crippen LogP contribution in [0.3, 0.4) is 0 Å². The molecular formula is C14H17NO4. The Morgan fingerprint density at radius 2 is 1.63 bits per heavy atom. The lowest BCUT2D eigenvalue weighted by Gasteiger charge is -2.12. The van der Waals surface area contributed by atoms with Crippen molar-refractivity contribution >= 4 is 6.08 Å². The molecule has 0 heterocycles. The maximum Gasteiger partial charge on any atom is 0.203 e. The van der Waals surface area contributed by atoms with Gasteiger partial charge in [-0.05, 0) is 23.8 Å². The highest BCUT2D eigenvalue weighted by atomic mass is 16.5. The third-order valence-corrected chi connectivity index (χ3v) is 2.53. The molecule has 0 radical (unpaired) electrons. The molecule has 102 valence electrons. The van der Waals surface area contributed by atoms with E-state index in [-0.39, 0.29) is 0 Å². The predicted octanol–water partition coefficient (Wildman–Crippen LogP) is 2.26. The van der Waals surface area contributed by atoms with Crippen LogP contribution in [-0.4, -0.2) is 34.5 Å². The summed E-state index contributed by atoms with van der Waals surface area (Å²) in [5.74, 6) is 1.66. The molecule has 0 fully saturated rings. The maximum atomic E-state index is 8.79. The van der Waals surface area contributed by atoms with E-state index in [1.54, 1.807) is 45.6 Å². The maximum absolute atomic E-state index is 8.79. The molecule has 5 nitrogen and oxygen atoms in total. The third kappa shape index (κ3) is 3.63. The standard InChI is InChI=1S/C14H17NO4/c1-16-11(9-15)6-5-10-7-12(17-2)14(19-4)13(8-10)18-3/h5-8,11H,1-4H3. The average Bonchev–Trinajstić information content (AvgIpc) is 2.46. The topological polar surface area (TPSA) is 60.7 Å². The minimum absolute atomic E-state index is 0.533. The molecule has 1 unspecified atom stereocenters. The van der Waals surface area contributed by atoms with Crippen molar-refractivity contribution in [1.82, 2.24) is 0 Å². The normalized spacial score (nSPS) is 11.9. The van der Waals surface area contributed by atoms with Crippen molar-refractivity contribution < 1.29 is 18.9 Å². The zero-order chi connectivity index (χ0) is 14.3. The third-order valence-electron chi connectivity index (χ3n) is 2.53. The van der Waals surface area contributed by atoms with E-state index in [4.69, 9.17) is 24.2 Å². The summed E-state index contributed by atoms with van der Waals surface area (Å²) in [6, 6.07) is 5.59. The molecule has 1 rings (SSSR count). The second kappa shape index (κ2) is 7.29. The van der Waals surface area contributed by atoms with Crippen molar-refractivity contribution in [1.29, 1.82) is 5.26 Å². The Morgan fingerprint density at radius 3 is 2.00 bits per heavy atom. The van der Waals surface area contributed by atoms with E-state index in [0.29, 0.717) is 17.2 Å². The highest BCUT2D eigenvalue weighted by Crippen LogP contribution is 2.38. The summed E-state index contributed by atoms with van der Waals surface area (Å²) in [7, 11) is 6.13. The Bertz CT molecular complexity index is 466. The van der Waals surface area contributed by atoms with E-state index in [9.17, 15) is 0 Å². The number of nitrogens with zero attached hydrogens (tertiary/aromatic N) is 1. The molecule has 0 aliphatic rings. The van der Waals surface area contributed by atoms with Gasteiger partial charge in [0.25, 0.3) is 0 Å². The number of methoxy groups -OCH3 is 4. The molecular weight excluding hydrogens is 246 g/mol. The number of rotatable bonds is 6. The number of hydrogen-bond acceptors (Lipinski definition) is 5. The minimum atomic E-state index is -0.584. The number of benzene rings is 1. The van der Waals surface area contributed by atoms with Crippen LogP contribution in [0.5, 0.6) is 17.2 Å². The first-order valence-electron chi connectivity index (χ1n) is 5.60. The molecule has 19 heavy (non-hydrogen) atoms. The van der Waals surface area contributed by atoms with Crippen LogP contribution in [-0.2, 0) is 4.74 Å². The van der Waals surface area contributed by atoms with Crippen molar-refractivity contribution in [3.05, 3.63) is 23.8 Å². The average molecular weight is 263 g/mol. The van der Waals surface area contributed by atoms with Gasteiger partial charge in [0, 0.05) is 7.11 Å². The van der Waals surface area contributed by atoms with Gasteiger partial charge in [-0.2, -0.15) is 5.26 Å². The summed E-state index contributed by atoms with van der Waals surface area (Å²) < 4.78 is 20.7. The quantitative estimate of drug-likeness (QED) is 0.787. The van der Waals surface area contributed by atoms with Gasteiger partial charge in [-0.25, -0.2) is 0 Å². The fourth-order valence-electron chi connectivity index (χ4n) is 1.57. The summed E-state index contributed by atoms with van der Waals surface area (Å²) in [4.78, 5) is 0. The first-order valence-corrected chi connectivity index (χ1v) is 5.60. The second-order valence-electron chi connectivity index (χ2n) is 3.60. The zero-order valence-electron chi connectivity index (χ0n) is 11.5.